The lowest BCUT2D eigenvalue weighted by Gasteiger charge is -2.23. The molecule has 6 nitrogen and oxygen atoms in total. The summed E-state index contributed by atoms with van der Waals surface area (Å²) in [5.41, 5.74) is 0. The maximum atomic E-state index is 5.90. The number of guanidine groups is 1. The number of fused-ring (bicyclic) bond motifs is 2. The highest BCUT2D eigenvalue weighted by atomic mass is 16.5. The predicted octanol–water partition coefficient (Wildman–Crippen LogP) is 1.95. The van der Waals surface area contributed by atoms with Crippen molar-refractivity contribution in [1.82, 2.24) is 10.6 Å². The molecule has 2 fully saturated rings. The van der Waals surface area contributed by atoms with Crippen LogP contribution in [0, 0.1) is 0 Å². The fraction of sp³-hybridized carbons (Fsp3) is 0.611. The number of nitrogens with one attached hydrogen (secondary N) is 2. The Kier molecular flexibility index (Phi) is 5.45. The summed E-state index contributed by atoms with van der Waals surface area (Å²) in [4.78, 5) is 4.30. The molecule has 0 aliphatic carbocycles. The predicted molar refractivity (Wildman–Crippen MR) is 93.9 cm³/mol. The summed E-state index contributed by atoms with van der Waals surface area (Å²) in [6.07, 6.45) is 4.21. The summed E-state index contributed by atoms with van der Waals surface area (Å²) < 4.78 is 16.9. The summed E-state index contributed by atoms with van der Waals surface area (Å²) >= 11 is 0. The molecule has 0 spiro atoms. The van der Waals surface area contributed by atoms with Gasteiger partial charge in [-0.15, -0.1) is 0 Å². The van der Waals surface area contributed by atoms with Gasteiger partial charge in [0.15, 0.2) is 5.96 Å². The van der Waals surface area contributed by atoms with Gasteiger partial charge in [0.05, 0.1) is 31.9 Å². The first-order chi connectivity index (χ1) is 11.7. The molecule has 2 bridgehead atoms. The Morgan fingerprint density at radius 1 is 1.29 bits per heavy atom. The van der Waals surface area contributed by atoms with E-state index in [2.05, 4.69) is 15.6 Å². The van der Waals surface area contributed by atoms with Crippen molar-refractivity contribution in [2.24, 2.45) is 4.99 Å². The van der Waals surface area contributed by atoms with E-state index in [9.17, 15) is 0 Å². The van der Waals surface area contributed by atoms with E-state index in [1.54, 1.807) is 14.2 Å². The number of hydrogen-bond donors (Lipinski definition) is 2. The molecule has 6 heteroatoms. The van der Waals surface area contributed by atoms with E-state index < -0.39 is 0 Å². The molecule has 0 radical (unpaired) electrons. The van der Waals surface area contributed by atoms with Crippen LogP contribution >= 0.6 is 0 Å². The van der Waals surface area contributed by atoms with E-state index in [-0.39, 0.29) is 6.10 Å². The molecule has 2 heterocycles. The normalized spacial score (nSPS) is 27.0. The van der Waals surface area contributed by atoms with Crippen molar-refractivity contribution in [2.45, 2.75) is 50.5 Å². The molecule has 0 saturated carbocycles. The summed E-state index contributed by atoms with van der Waals surface area (Å²) in [5, 5.41) is 6.81. The van der Waals surface area contributed by atoms with Gasteiger partial charge in [-0.05, 0) is 50.5 Å². The second-order valence-corrected chi connectivity index (χ2v) is 6.42. The topological polar surface area (TPSA) is 64.1 Å². The van der Waals surface area contributed by atoms with Crippen molar-refractivity contribution in [3.63, 3.8) is 0 Å². The van der Waals surface area contributed by atoms with E-state index in [1.807, 2.05) is 31.2 Å². The van der Waals surface area contributed by atoms with Crippen LogP contribution in [0.4, 0.5) is 0 Å². The van der Waals surface area contributed by atoms with Crippen LogP contribution < -0.4 is 20.1 Å². The summed E-state index contributed by atoms with van der Waals surface area (Å²) in [7, 11) is 3.45. The number of nitrogens with zero attached hydrogens (tertiary/aromatic N) is 1. The van der Waals surface area contributed by atoms with Crippen LogP contribution in [0.3, 0.4) is 0 Å². The smallest absolute Gasteiger partial charge is 0.191 e. The van der Waals surface area contributed by atoms with Gasteiger partial charge in [-0.2, -0.15) is 0 Å². The first kappa shape index (κ1) is 16.9. The summed E-state index contributed by atoms with van der Waals surface area (Å²) in [6, 6.07) is 7.98. The fourth-order valence-corrected chi connectivity index (χ4v) is 3.33. The molecule has 24 heavy (non-hydrogen) atoms. The van der Waals surface area contributed by atoms with Crippen molar-refractivity contribution in [3.8, 4) is 11.5 Å². The lowest BCUT2D eigenvalue weighted by molar-refractivity contribution is 0.0992. The number of benzene rings is 1. The van der Waals surface area contributed by atoms with Crippen molar-refractivity contribution < 1.29 is 14.2 Å². The zero-order chi connectivity index (χ0) is 16.9. The molecule has 3 rings (SSSR count). The lowest BCUT2D eigenvalue weighted by Crippen LogP contribution is -2.49. The van der Waals surface area contributed by atoms with E-state index in [0.717, 1.165) is 30.3 Å². The Bertz CT molecular complexity index is 561. The summed E-state index contributed by atoms with van der Waals surface area (Å²) in [6.45, 7) is 2.71. The molecule has 2 aliphatic rings. The third-order valence-electron chi connectivity index (χ3n) is 4.61. The van der Waals surface area contributed by atoms with Crippen LogP contribution in [0.15, 0.2) is 29.3 Å². The Hall–Kier alpha value is -1.95. The van der Waals surface area contributed by atoms with Crippen LogP contribution in [0.2, 0.25) is 0 Å². The number of methoxy groups -OCH3 is 1. The monoisotopic (exact) mass is 333 g/mol. The Morgan fingerprint density at radius 2 is 2.04 bits per heavy atom. The number of hydrogen-bond acceptors (Lipinski definition) is 4. The van der Waals surface area contributed by atoms with Crippen molar-refractivity contribution in [2.75, 3.05) is 20.7 Å². The lowest BCUT2D eigenvalue weighted by atomic mass is 9.96. The van der Waals surface area contributed by atoms with Gasteiger partial charge >= 0.3 is 0 Å². The maximum Gasteiger partial charge on any atom is 0.191 e. The second-order valence-electron chi connectivity index (χ2n) is 6.42. The summed E-state index contributed by atoms with van der Waals surface area (Å²) in [5.74, 6) is 2.46. The minimum absolute atomic E-state index is 0.0215. The fourth-order valence-electron chi connectivity index (χ4n) is 3.33. The van der Waals surface area contributed by atoms with Gasteiger partial charge in [0.1, 0.15) is 17.6 Å². The molecule has 1 aromatic rings. The SMILES string of the molecule is CN=C(NCC(C)Oc1ccc(OC)cc1)NC1CC2CCC1O2. The average molecular weight is 333 g/mol. The molecule has 4 atom stereocenters. The van der Waals surface area contributed by atoms with Gasteiger partial charge in [0, 0.05) is 7.05 Å². The minimum atomic E-state index is 0.0215. The molecular formula is C18H27N3O3. The van der Waals surface area contributed by atoms with Gasteiger partial charge in [0.2, 0.25) is 0 Å². The maximum absolute atomic E-state index is 5.90. The second kappa shape index (κ2) is 7.75. The molecule has 0 amide bonds. The van der Waals surface area contributed by atoms with Crippen LogP contribution in [-0.4, -0.2) is 51.0 Å². The number of rotatable bonds is 6. The van der Waals surface area contributed by atoms with E-state index in [4.69, 9.17) is 14.2 Å². The highest BCUT2D eigenvalue weighted by molar-refractivity contribution is 5.80. The Labute approximate surface area is 143 Å². The van der Waals surface area contributed by atoms with E-state index >= 15 is 0 Å². The third-order valence-corrected chi connectivity index (χ3v) is 4.61. The highest BCUT2D eigenvalue weighted by Gasteiger charge is 2.41. The molecule has 2 aliphatic heterocycles. The Morgan fingerprint density at radius 3 is 2.62 bits per heavy atom. The molecular weight excluding hydrogens is 306 g/mol. The molecule has 0 aromatic heterocycles. The van der Waals surface area contributed by atoms with Crippen molar-refractivity contribution in [1.29, 1.82) is 0 Å². The first-order valence-corrected chi connectivity index (χ1v) is 8.61. The Balaban J connectivity index is 1.43. The van der Waals surface area contributed by atoms with Gasteiger partial charge < -0.3 is 24.8 Å². The quantitative estimate of drug-likeness (QED) is 0.615. The number of aliphatic imine (C=N–C) groups is 1. The minimum Gasteiger partial charge on any atom is -0.497 e. The van der Waals surface area contributed by atoms with E-state index in [1.165, 1.54) is 6.42 Å². The average Bonchev–Trinajstić information content (AvgIpc) is 3.22. The molecule has 2 saturated heterocycles. The van der Waals surface area contributed by atoms with Gasteiger partial charge in [-0.25, -0.2) is 0 Å². The molecule has 2 N–H and O–H groups in total. The van der Waals surface area contributed by atoms with Crippen LogP contribution in [0.5, 0.6) is 11.5 Å². The number of ether oxygens (including phenoxy) is 3. The van der Waals surface area contributed by atoms with Gasteiger partial charge in [0.25, 0.3) is 0 Å². The molecule has 1 aromatic carbocycles. The zero-order valence-electron chi connectivity index (χ0n) is 14.6. The highest BCUT2D eigenvalue weighted by Crippen LogP contribution is 2.34. The van der Waals surface area contributed by atoms with Crippen molar-refractivity contribution >= 4 is 5.96 Å². The van der Waals surface area contributed by atoms with E-state index in [0.29, 0.717) is 24.8 Å². The third kappa shape index (κ3) is 4.12. The van der Waals surface area contributed by atoms with Crippen LogP contribution in [-0.2, 0) is 4.74 Å². The molecule has 4 unspecified atom stereocenters. The van der Waals surface area contributed by atoms with Gasteiger partial charge in [-0.3, -0.25) is 4.99 Å². The van der Waals surface area contributed by atoms with Gasteiger partial charge in [-0.1, -0.05) is 0 Å². The van der Waals surface area contributed by atoms with Crippen molar-refractivity contribution in [3.05, 3.63) is 24.3 Å². The van der Waals surface area contributed by atoms with Crippen LogP contribution in [0.1, 0.15) is 26.2 Å². The zero-order valence-corrected chi connectivity index (χ0v) is 14.6. The van der Waals surface area contributed by atoms with Crippen LogP contribution in [0.25, 0.3) is 0 Å². The standard InChI is InChI=1S/C18H27N3O3/c1-12(23-14-6-4-13(22-3)5-7-14)11-20-18(19-2)21-16-10-15-8-9-17(16)24-15/h4-7,12,15-17H,8-11H2,1-3H3,(H2,19,20,21). The largest absolute Gasteiger partial charge is 0.497 e. The molecule has 132 valence electrons. The first-order valence-electron chi connectivity index (χ1n) is 8.61.